The van der Waals surface area contributed by atoms with Crippen molar-refractivity contribution in [2.24, 2.45) is 5.73 Å². The molecule has 9 nitrogen and oxygen atoms in total. The number of primary amides is 1. The number of rotatable bonds is 4. The van der Waals surface area contributed by atoms with Crippen molar-refractivity contribution in [2.75, 3.05) is 13.1 Å². The van der Waals surface area contributed by atoms with Crippen molar-refractivity contribution < 1.29 is 29.4 Å². The molecule has 0 saturated carbocycles. The van der Waals surface area contributed by atoms with Crippen molar-refractivity contribution in [1.82, 2.24) is 10.6 Å². The average Bonchev–Trinajstić information content (AvgIpc) is 3.36. The van der Waals surface area contributed by atoms with Crippen molar-refractivity contribution in [2.45, 2.75) is 44.7 Å². The summed E-state index contributed by atoms with van der Waals surface area (Å²) in [4.78, 5) is 41.7. The third kappa shape index (κ3) is 8.28. The Morgan fingerprint density at radius 3 is 1.64 bits per heavy atom. The van der Waals surface area contributed by atoms with E-state index >= 15 is 0 Å². The maximum Gasteiger partial charge on any atom is 0.335 e. The lowest BCUT2D eigenvalue weighted by atomic mass is 10.1. The topological polar surface area (TPSA) is 159 Å². The number of nitrogens with one attached hydrogen (secondary N) is 2. The number of hydrogen-bond donors (Lipinski definition) is 5. The first-order valence-electron chi connectivity index (χ1n) is 9.05. The zero-order valence-corrected chi connectivity index (χ0v) is 15.8. The highest BCUT2D eigenvalue weighted by Crippen LogP contribution is 2.05. The molecule has 2 fully saturated rings. The van der Waals surface area contributed by atoms with Gasteiger partial charge >= 0.3 is 11.9 Å². The van der Waals surface area contributed by atoms with Crippen molar-refractivity contribution in [3.05, 3.63) is 35.4 Å². The molecule has 28 heavy (non-hydrogen) atoms. The minimum atomic E-state index is -1.13. The van der Waals surface area contributed by atoms with E-state index in [-0.39, 0.29) is 34.9 Å². The van der Waals surface area contributed by atoms with Gasteiger partial charge in [-0.3, -0.25) is 9.59 Å². The first-order valence-corrected chi connectivity index (χ1v) is 9.05. The number of carbonyl (C=O) groups excluding carboxylic acids is 2. The van der Waals surface area contributed by atoms with E-state index in [1.54, 1.807) is 6.92 Å². The number of hydrogen-bond acceptors (Lipinski definition) is 6. The van der Waals surface area contributed by atoms with E-state index < -0.39 is 11.9 Å². The van der Waals surface area contributed by atoms with Crippen LogP contribution in [0.4, 0.5) is 0 Å². The van der Waals surface area contributed by atoms with E-state index in [2.05, 4.69) is 10.6 Å². The molecule has 9 heteroatoms. The van der Waals surface area contributed by atoms with Crippen LogP contribution < -0.4 is 16.4 Å². The molecular weight excluding hydrogens is 366 g/mol. The van der Waals surface area contributed by atoms with Crippen molar-refractivity contribution in [3.8, 4) is 0 Å². The summed E-state index contributed by atoms with van der Waals surface area (Å²) < 4.78 is 0. The zero-order chi connectivity index (χ0) is 21.1. The number of carbonyl (C=O) groups is 4. The number of carboxylic acid groups (broad SMARTS) is 2. The Hall–Kier alpha value is -2.78. The molecule has 2 aliphatic heterocycles. The van der Waals surface area contributed by atoms with Crippen LogP contribution in [0, 0.1) is 0 Å². The SMILES string of the molecule is CC(=O)C1CCCN1.NC(=O)[C@@H]1CCCN1.O=C(O)c1cccc(C(=O)O)c1. The normalized spacial score (nSPS) is 20.2. The van der Waals surface area contributed by atoms with Gasteiger partial charge < -0.3 is 26.6 Å². The number of amides is 1. The molecule has 154 valence electrons. The number of ketones is 1. The number of Topliss-reactive ketones (excluding diaryl/α,β-unsaturated/α-hetero) is 1. The van der Waals surface area contributed by atoms with Crippen LogP contribution in [-0.2, 0) is 9.59 Å². The maximum atomic E-state index is 10.6. The average molecular weight is 393 g/mol. The van der Waals surface area contributed by atoms with Gasteiger partial charge in [-0.15, -0.1) is 0 Å². The first-order chi connectivity index (χ1) is 13.2. The van der Waals surface area contributed by atoms with E-state index in [9.17, 15) is 19.2 Å². The molecular formula is C19H27N3O6. The highest BCUT2D eigenvalue weighted by atomic mass is 16.4. The molecule has 0 radical (unpaired) electrons. The Morgan fingerprint density at radius 1 is 0.929 bits per heavy atom. The molecule has 2 atom stereocenters. The van der Waals surface area contributed by atoms with Crippen LogP contribution in [0.5, 0.6) is 0 Å². The quantitative estimate of drug-likeness (QED) is 0.498. The van der Waals surface area contributed by atoms with E-state index in [1.807, 2.05) is 0 Å². The number of benzene rings is 1. The van der Waals surface area contributed by atoms with Crippen LogP contribution >= 0.6 is 0 Å². The summed E-state index contributed by atoms with van der Waals surface area (Å²) in [6.07, 6.45) is 4.18. The number of carboxylic acids is 2. The van der Waals surface area contributed by atoms with E-state index in [1.165, 1.54) is 18.2 Å². The van der Waals surface area contributed by atoms with Gasteiger partial charge in [0.2, 0.25) is 5.91 Å². The van der Waals surface area contributed by atoms with E-state index in [0.29, 0.717) is 0 Å². The lowest BCUT2D eigenvalue weighted by Gasteiger charge is -2.01. The fourth-order valence-electron chi connectivity index (χ4n) is 2.74. The van der Waals surface area contributed by atoms with Gasteiger partial charge in [-0.2, -0.15) is 0 Å². The monoisotopic (exact) mass is 393 g/mol. The minimum Gasteiger partial charge on any atom is -0.478 e. The fourth-order valence-corrected chi connectivity index (χ4v) is 2.74. The fraction of sp³-hybridized carbons (Fsp3) is 0.474. The first kappa shape index (κ1) is 23.3. The van der Waals surface area contributed by atoms with Gasteiger partial charge in [0.05, 0.1) is 23.2 Å². The van der Waals surface area contributed by atoms with Crippen LogP contribution in [0.1, 0.15) is 53.3 Å². The Balaban J connectivity index is 0.000000217. The summed E-state index contributed by atoms with van der Waals surface area (Å²) in [6.45, 7) is 3.60. The van der Waals surface area contributed by atoms with E-state index in [0.717, 1.165) is 44.8 Å². The van der Waals surface area contributed by atoms with Crippen LogP contribution in [0.15, 0.2) is 24.3 Å². The molecule has 0 bridgehead atoms. The third-order valence-electron chi connectivity index (χ3n) is 4.31. The largest absolute Gasteiger partial charge is 0.478 e. The number of aromatic carboxylic acids is 2. The Labute approximate surface area is 163 Å². The summed E-state index contributed by atoms with van der Waals surface area (Å²) in [5, 5.41) is 23.1. The summed E-state index contributed by atoms with van der Waals surface area (Å²) in [7, 11) is 0. The molecule has 6 N–H and O–H groups in total. The predicted molar refractivity (Wildman–Crippen MR) is 102 cm³/mol. The lowest BCUT2D eigenvalue weighted by molar-refractivity contribution is -0.120. The van der Waals surface area contributed by atoms with Gasteiger partial charge in [-0.1, -0.05) is 6.07 Å². The molecule has 3 rings (SSSR count). The van der Waals surface area contributed by atoms with Gasteiger partial charge in [0.1, 0.15) is 5.78 Å². The van der Waals surface area contributed by atoms with Crippen molar-refractivity contribution in [1.29, 1.82) is 0 Å². The minimum absolute atomic E-state index is 0.0186. The molecule has 1 aromatic rings. The molecule has 1 aromatic carbocycles. The van der Waals surface area contributed by atoms with Crippen LogP contribution in [0.2, 0.25) is 0 Å². The highest BCUT2D eigenvalue weighted by Gasteiger charge is 2.18. The summed E-state index contributed by atoms with van der Waals surface area (Å²) in [5.74, 6) is -2.19. The molecule has 0 aliphatic carbocycles. The summed E-state index contributed by atoms with van der Waals surface area (Å²) >= 11 is 0. The molecule has 1 unspecified atom stereocenters. The van der Waals surface area contributed by atoms with Crippen molar-refractivity contribution >= 4 is 23.6 Å². The van der Waals surface area contributed by atoms with Gasteiger partial charge in [0, 0.05) is 0 Å². The second-order valence-electron chi connectivity index (χ2n) is 6.50. The second kappa shape index (κ2) is 11.8. The Bertz CT molecular complexity index is 639. The Morgan fingerprint density at radius 2 is 1.39 bits per heavy atom. The van der Waals surface area contributed by atoms with E-state index in [4.69, 9.17) is 15.9 Å². The molecule has 2 heterocycles. The van der Waals surface area contributed by atoms with Crippen LogP contribution in [0.25, 0.3) is 0 Å². The summed E-state index contributed by atoms with van der Waals surface area (Å²) in [6, 6.07) is 5.33. The summed E-state index contributed by atoms with van der Waals surface area (Å²) in [5.41, 5.74) is 4.96. The highest BCUT2D eigenvalue weighted by molar-refractivity contribution is 5.93. The second-order valence-corrected chi connectivity index (χ2v) is 6.50. The predicted octanol–water partition coefficient (Wildman–Crippen LogP) is 0.634. The lowest BCUT2D eigenvalue weighted by Crippen LogP contribution is -2.36. The van der Waals surface area contributed by atoms with Gasteiger partial charge in [-0.05, 0) is 63.9 Å². The number of nitrogens with two attached hydrogens (primary N) is 1. The third-order valence-corrected chi connectivity index (χ3v) is 4.31. The smallest absolute Gasteiger partial charge is 0.335 e. The molecule has 2 aliphatic rings. The molecule has 2 saturated heterocycles. The maximum absolute atomic E-state index is 10.6. The Kier molecular flexibility index (Phi) is 9.83. The molecule has 1 amide bonds. The van der Waals surface area contributed by atoms with Crippen molar-refractivity contribution in [3.63, 3.8) is 0 Å². The standard InChI is InChI=1S/C8H6O4.C6H11NO.C5H10N2O/c9-7(10)5-2-1-3-6(4-5)8(11)12;1-5(8)6-3-2-4-7-6;6-5(8)4-2-1-3-7-4/h1-4H,(H,9,10)(H,11,12);6-7H,2-4H2,1H3;4,7H,1-3H2,(H2,6,8)/t;;4-/m..0/s1. The molecule has 0 spiro atoms. The van der Waals surface area contributed by atoms with Gasteiger partial charge in [0.15, 0.2) is 0 Å². The van der Waals surface area contributed by atoms with Crippen LogP contribution in [0.3, 0.4) is 0 Å². The molecule has 0 aromatic heterocycles. The van der Waals surface area contributed by atoms with Crippen LogP contribution in [-0.4, -0.2) is 59.0 Å². The zero-order valence-electron chi connectivity index (χ0n) is 15.8. The van der Waals surface area contributed by atoms with Gasteiger partial charge in [-0.25, -0.2) is 9.59 Å². The van der Waals surface area contributed by atoms with Gasteiger partial charge in [0.25, 0.3) is 0 Å².